The Bertz CT molecular complexity index is 878. The first kappa shape index (κ1) is 16.6. The molecule has 0 bridgehead atoms. The van der Waals surface area contributed by atoms with Gasteiger partial charge in [0.1, 0.15) is 5.82 Å². The zero-order valence-corrected chi connectivity index (χ0v) is 14.2. The predicted molar refractivity (Wildman–Crippen MR) is 90.2 cm³/mol. The Morgan fingerprint density at radius 2 is 2.21 bits per heavy atom. The van der Waals surface area contributed by atoms with E-state index in [1.807, 2.05) is 12.1 Å². The number of aromatic nitrogens is 2. The molecule has 0 atom stereocenters. The van der Waals surface area contributed by atoms with Gasteiger partial charge in [0.2, 0.25) is 11.7 Å². The first-order valence-corrected chi connectivity index (χ1v) is 8.41. The van der Waals surface area contributed by atoms with Crippen molar-refractivity contribution in [3.63, 3.8) is 0 Å². The van der Waals surface area contributed by atoms with Crippen LogP contribution in [-0.4, -0.2) is 16.0 Å². The molecule has 0 unspecified atom stereocenters. The second-order valence-electron chi connectivity index (χ2n) is 4.95. The summed E-state index contributed by atoms with van der Waals surface area (Å²) in [6, 6.07) is 7.99. The molecule has 1 amide bonds. The summed E-state index contributed by atoms with van der Waals surface area (Å²) in [5.74, 6) is 0.196. The molecule has 0 saturated carbocycles. The van der Waals surface area contributed by atoms with Crippen LogP contribution in [-0.2, 0) is 11.3 Å². The second kappa shape index (κ2) is 7.11. The van der Waals surface area contributed by atoms with Crippen LogP contribution in [0.3, 0.4) is 0 Å². The van der Waals surface area contributed by atoms with E-state index in [0.29, 0.717) is 24.4 Å². The molecule has 0 radical (unpaired) electrons. The third kappa shape index (κ3) is 3.63. The summed E-state index contributed by atoms with van der Waals surface area (Å²) in [5.41, 5.74) is 0.548. The van der Waals surface area contributed by atoms with Crippen LogP contribution in [0.1, 0.15) is 18.2 Å². The number of halogens is 2. The summed E-state index contributed by atoms with van der Waals surface area (Å²) < 4.78 is 18.4. The lowest BCUT2D eigenvalue weighted by Crippen LogP contribution is -2.20. The number of nitrogens with zero attached hydrogens (tertiary/aromatic N) is 2. The summed E-state index contributed by atoms with van der Waals surface area (Å²) in [6.07, 6.45) is 0.451. The molecular weight excluding hydrogens is 353 g/mol. The van der Waals surface area contributed by atoms with Gasteiger partial charge in [0, 0.05) is 16.9 Å². The lowest BCUT2D eigenvalue weighted by Gasteiger charge is -1.99. The van der Waals surface area contributed by atoms with E-state index in [1.165, 1.54) is 29.5 Å². The highest BCUT2D eigenvalue weighted by Crippen LogP contribution is 2.29. The topological polar surface area (TPSA) is 68.0 Å². The van der Waals surface area contributed by atoms with E-state index < -0.39 is 5.82 Å². The number of thiophene rings is 1. The van der Waals surface area contributed by atoms with Crippen molar-refractivity contribution in [2.45, 2.75) is 19.9 Å². The molecular formula is C16H13ClFN3O2S. The van der Waals surface area contributed by atoms with E-state index in [0.717, 1.165) is 9.75 Å². The van der Waals surface area contributed by atoms with E-state index in [-0.39, 0.29) is 16.8 Å². The molecule has 0 aliphatic rings. The number of carbonyl (C=O) groups excluding carboxylic acids is 1. The number of hydrogen-bond donors (Lipinski definition) is 1. The average Bonchev–Trinajstić information content (AvgIpc) is 3.24. The van der Waals surface area contributed by atoms with Crippen molar-refractivity contribution in [1.29, 1.82) is 0 Å². The maximum absolute atomic E-state index is 13.2. The fourth-order valence-corrected chi connectivity index (χ4v) is 3.03. The standard InChI is InChI=1S/C16H13ClFN3O2S/c1-2-14(22)19-8-10-4-6-13(24-10)15-20-16(23-21-15)9-3-5-12(18)11(17)7-9/h3-7H,2,8H2,1H3,(H,19,22). The van der Waals surface area contributed by atoms with Crippen LogP contribution in [0, 0.1) is 5.82 Å². The Labute approximate surface area is 146 Å². The van der Waals surface area contributed by atoms with Gasteiger partial charge in [0.25, 0.3) is 5.89 Å². The zero-order valence-electron chi connectivity index (χ0n) is 12.7. The summed E-state index contributed by atoms with van der Waals surface area (Å²) in [4.78, 5) is 17.4. The monoisotopic (exact) mass is 365 g/mol. The normalized spacial score (nSPS) is 10.8. The molecule has 0 saturated heterocycles. The molecule has 0 aliphatic heterocycles. The molecule has 0 fully saturated rings. The minimum Gasteiger partial charge on any atom is -0.351 e. The number of nitrogens with one attached hydrogen (secondary N) is 1. The Morgan fingerprint density at radius 1 is 1.38 bits per heavy atom. The Morgan fingerprint density at radius 3 is 2.96 bits per heavy atom. The summed E-state index contributed by atoms with van der Waals surface area (Å²) >= 11 is 7.23. The minimum absolute atomic E-state index is 0.0000131. The van der Waals surface area contributed by atoms with Crippen LogP contribution in [0.2, 0.25) is 5.02 Å². The average molecular weight is 366 g/mol. The zero-order chi connectivity index (χ0) is 17.1. The van der Waals surface area contributed by atoms with Crippen molar-refractivity contribution in [2.24, 2.45) is 0 Å². The van der Waals surface area contributed by atoms with Gasteiger partial charge in [0.05, 0.1) is 16.4 Å². The van der Waals surface area contributed by atoms with Crippen molar-refractivity contribution < 1.29 is 13.7 Å². The Kier molecular flexibility index (Phi) is 4.92. The number of benzene rings is 1. The molecule has 0 aliphatic carbocycles. The molecule has 24 heavy (non-hydrogen) atoms. The first-order valence-electron chi connectivity index (χ1n) is 7.21. The quantitative estimate of drug-likeness (QED) is 0.732. The van der Waals surface area contributed by atoms with Crippen LogP contribution in [0.4, 0.5) is 4.39 Å². The number of carbonyl (C=O) groups is 1. The fraction of sp³-hybridized carbons (Fsp3) is 0.188. The van der Waals surface area contributed by atoms with Crippen LogP contribution in [0.25, 0.3) is 22.2 Å². The van der Waals surface area contributed by atoms with Gasteiger partial charge in [-0.05, 0) is 30.3 Å². The number of hydrogen-bond acceptors (Lipinski definition) is 5. The van der Waals surface area contributed by atoms with Crippen molar-refractivity contribution in [1.82, 2.24) is 15.5 Å². The summed E-state index contributed by atoms with van der Waals surface area (Å²) in [6.45, 7) is 2.27. The van der Waals surface area contributed by atoms with E-state index in [1.54, 1.807) is 6.92 Å². The lowest BCUT2D eigenvalue weighted by molar-refractivity contribution is -0.120. The molecule has 0 spiro atoms. The molecule has 3 rings (SSSR count). The van der Waals surface area contributed by atoms with Crippen molar-refractivity contribution in [2.75, 3.05) is 0 Å². The maximum Gasteiger partial charge on any atom is 0.258 e. The van der Waals surface area contributed by atoms with Gasteiger partial charge in [-0.25, -0.2) is 4.39 Å². The first-order chi connectivity index (χ1) is 11.6. The summed E-state index contributed by atoms with van der Waals surface area (Å²) in [7, 11) is 0. The van der Waals surface area contributed by atoms with E-state index in [9.17, 15) is 9.18 Å². The van der Waals surface area contributed by atoms with Crippen molar-refractivity contribution in [3.8, 4) is 22.2 Å². The number of rotatable bonds is 5. The highest BCUT2D eigenvalue weighted by molar-refractivity contribution is 7.15. The van der Waals surface area contributed by atoms with E-state index in [4.69, 9.17) is 16.1 Å². The van der Waals surface area contributed by atoms with Gasteiger partial charge < -0.3 is 9.84 Å². The van der Waals surface area contributed by atoms with Crippen LogP contribution < -0.4 is 5.32 Å². The smallest absolute Gasteiger partial charge is 0.258 e. The number of amides is 1. The van der Waals surface area contributed by atoms with Gasteiger partial charge in [-0.1, -0.05) is 23.7 Å². The Balaban J connectivity index is 1.77. The molecule has 5 nitrogen and oxygen atoms in total. The minimum atomic E-state index is -0.503. The maximum atomic E-state index is 13.2. The lowest BCUT2D eigenvalue weighted by atomic mass is 10.2. The van der Waals surface area contributed by atoms with Crippen molar-refractivity contribution in [3.05, 3.63) is 46.0 Å². The van der Waals surface area contributed by atoms with Crippen LogP contribution in [0.5, 0.6) is 0 Å². The van der Waals surface area contributed by atoms with Gasteiger partial charge >= 0.3 is 0 Å². The second-order valence-corrected chi connectivity index (χ2v) is 6.52. The van der Waals surface area contributed by atoms with Crippen LogP contribution >= 0.6 is 22.9 Å². The molecule has 1 aromatic carbocycles. The molecule has 2 heterocycles. The van der Waals surface area contributed by atoms with Crippen LogP contribution in [0.15, 0.2) is 34.9 Å². The van der Waals surface area contributed by atoms with Gasteiger partial charge in [-0.3, -0.25) is 4.79 Å². The molecule has 8 heteroatoms. The predicted octanol–water partition coefficient (Wildman–Crippen LogP) is 4.28. The molecule has 124 valence electrons. The van der Waals surface area contributed by atoms with E-state index >= 15 is 0 Å². The van der Waals surface area contributed by atoms with Crippen molar-refractivity contribution >= 4 is 28.8 Å². The highest BCUT2D eigenvalue weighted by atomic mass is 35.5. The fourth-order valence-electron chi connectivity index (χ4n) is 1.97. The van der Waals surface area contributed by atoms with Gasteiger partial charge in [-0.2, -0.15) is 4.98 Å². The van der Waals surface area contributed by atoms with E-state index in [2.05, 4.69) is 15.5 Å². The third-order valence-electron chi connectivity index (χ3n) is 3.26. The Hall–Kier alpha value is -2.25. The molecule has 3 aromatic rings. The highest BCUT2D eigenvalue weighted by Gasteiger charge is 2.14. The van der Waals surface area contributed by atoms with Gasteiger partial charge in [-0.15, -0.1) is 11.3 Å². The van der Waals surface area contributed by atoms with Gasteiger partial charge in [0.15, 0.2) is 0 Å². The third-order valence-corrected chi connectivity index (χ3v) is 4.63. The summed E-state index contributed by atoms with van der Waals surface area (Å²) in [5, 5.41) is 6.75. The SMILES string of the molecule is CCC(=O)NCc1ccc(-c2noc(-c3ccc(F)c(Cl)c3)n2)s1. The molecule has 1 N–H and O–H groups in total. The largest absolute Gasteiger partial charge is 0.351 e. The molecule has 2 aromatic heterocycles.